The third kappa shape index (κ3) is 5.74. The molecule has 0 radical (unpaired) electrons. The van der Waals surface area contributed by atoms with Gasteiger partial charge in [-0.25, -0.2) is 13.1 Å². The zero-order valence-corrected chi connectivity index (χ0v) is 18.1. The molecule has 0 bridgehead atoms. The maximum atomic E-state index is 12.8. The van der Waals surface area contributed by atoms with Gasteiger partial charge in [0.25, 0.3) is 16.1 Å². The zero-order valence-electron chi connectivity index (χ0n) is 16.5. The van der Waals surface area contributed by atoms with Gasteiger partial charge in [0, 0.05) is 44.8 Å². The normalized spacial score (nSPS) is 19.6. The molecular weight excluding hydrogens is 461 g/mol. The van der Waals surface area contributed by atoms with Gasteiger partial charge in [0.15, 0.2) is 0 Å². The second kappa shape index (κ2) is 9.02. The van der Waals surface area contributed by atoms with Gasteiger partial charge in [0.2, 0.25) is 10.0 Å². The minimum Gasteiger partial charge on any atom is -0.336 e. The molecule has 1 aromatic carbocycles. The molecule has 0 spiro atoms. The maximum Gasteiger partial charge on any atom is 0.402 e. The van der Waals surface area contributed by atoms with Crippen molar-refractivity contribution >= 4 is 26.1 Å². The molecule has 2 saturated heterocycles. The van der Waals surface area contributed by atoms with Crippen molar-refractivity contribution in [1.82, 2.24) is 18.2 Å². The maximum absolute atomic E-state index is 12.8. The summed E-state index contributed by atoms with van der Waals surface area (Å²) in [5.74, 6) is -0.522. The molecule has 0 aromatic heterocycles. The van der Waals surface area contributed by atoms with Crippen LogP contribution in [0.15, 0.2) is 29.2 Å². The first-order valence-corrected chi connectivity index (χ1v) is 12.5. The summed E-state index contributed by atoms with van der Waals surface area (Å²) in [7, 11) is -8.02. The van der Waals surface area contributed by atoms with E-state index in [1.807, 2.05) is 0 Å². The van der Waals surface area contributed by atoms with Gasteiger partial charge >= 0.3 is 6.18 Å². The zero-order chi connectivity index (χ0) is 22.9. The molecule has 2 aliphatic rings. The van der Waals surface area contributed by atoms with Crippen LogP contribution in [0.25, 0.3) is 0 Å². The van der Waals surface area contributed by atoms with Crippen LogP contribution in [-0.4, -0.2) is 88.2 Å². The van der Waals surface area contributed by atoms with Crippen molar-refractivity contribution in [2.45, 2.75) is 23.9 Å². The van der Waals surface area contributed by atoms with Crippen LogP contribution in [0.1, 0.15) is 23.2 Å². The van der Waals surface area contributed by atoms with Gasteiger partial charge in [-0.3, -0.25) is 4.79 Å². The molecule has 1 amide bonds. The summed E-state index contributed by atoms with van der Waals surface area (Å²) in [6.07, 6.45) is -3.08. The Kier molecular flexibility index (Phi) is 6.96. The van der Waals surface area contributed by atoms with Crippen molar-refractivity contribution < 1.29 is 34.8 Å². The van der Waals surface area contributed by atoms with Crippen molar-refractivity contribution in [2.24, 2.45) is 0 Å². The molecule has 2 heterocycles. The minimum absolute atomic E-state index is 0.00858. The Morgan fingerprint density at radius 1 is 0.935 bits per heavy atom. The van der Waals surface area contributed by atoms with E-state index >= 15 is 0 Å². The molecule has 2 aliphatic heterocycles. The number of carbonyl (C=O) groups excluding carboxylic acids is 1. The molecular formula is C17H23F3N4O5S2. The molecule has 0 saturated carbocycles. The molecule has 3 rings (SSSR count). The number of benzene rings is 1. The summed E-state index contributed by atoms with van der Waals surface area (Å²) in [5, 5.41) is 0. The number of hydrogen-bond acceptors (Lipinski definition) is 5. The fourth-order valence-electron chi connectivity index (χ4n) is 3.44. The van der Waals surface area contributed by atoms with E-state index in [1.54, 1.807) is 0 Å². The predicted molar refractivity (Wildman–Crippen MR) is 105 cm³/mol. The molecule has 2 fully saturated rings. The monoisotopic (exact) mass is 484 g/mol. The number of halogens is 3. The van der Waals surface area contributed by atoms with Gasteiger partial charge in [0.1, 0.15) is 6.54 Å². The van der Waals surface area contributed by atoms with Crippen molar-refractivity contribution in [1.29, 1.82) is 0 Å². The summed E-state index contributed by atoms with van der Waals surface area (Å²) < 4.78 is 90.6. The van der Waals surface area contributed by atoms with Gasteiger partial charge in [-0.05, 0) is 31.0 Å². The fraction of sp³-hybridized carbons (Fsp3) is 0.588. The Labute approximate surface area is 179 Å². The topological polar surface area (TPSA) is 107 Å². The van der Waals surface area contributed by atoms with Crippen molar-refractivity contribution in [3.63, 3.8) is 0 Å². The van der Waals surface area contributed by atoms with E-state index in [0.29, 0.717) is 13.1 Å². The van der Waals surface area contributed by atoms with Crippen LogP contribution < -0.4 is 4.72 Å². The van der Waals surface area contributed by atoms with E-state index in [4.69, 9.17) is 0 Å². The number of carbonyl (C=O) groups is 1. The van der Waals surface area contributed by atoms with Crippen molar-refractivity contribution in [2.75, 3.05) is 45.8 Å². The lowest BCUT2D eigenvalue weighted by Gasteiger charge is -2.35. The highest BCUT2D eigenvalue weighted by Gasteiger charge is 2.35. The summed E-state index contributed by atoms with van der Waals surface area (Å²) in [4.78, 5) is 13.7. The lowest BCUT2D eigenvalue weighted by molar-refractivity contribution is -0.121. The van der Waals surface area contributed by atoms with Crippen molar-refractivity contribution in [3.8, 4) is 0 Å². The SMILES string of the molecule is O=C(c1cccc(S(=O)(=O)NCC(F)(F)F)c1)N1CCN(S(=O)(=O)N2CCCC2)CC1. The standard InChI is InChI=1S/C17H23F3N4O5S2/c18-17(19,20)13-21-30(26,27)15-5-3-4-14(12-15)16(25)22-8-10-24(11-9-22)31(28,29)23-6-1-2-7-23/h3-5,12,21H,1-2,6-11,13H2. The summed E-state index contributed by atoms with van der Waals surface area (Å²) >= 11 is 0. The van der Waals surface area contributed by atoms with Gasteiger partial charge in [-0.2, -0.15) is 30.2 Å². The molecule has 31 heavy (non-hydrogen) atoms. The number of piperazine rings is 1. The Hall–Kier alpha value is -1.74. The lowest BCUT2D eigenvalue weighted by atomic mass is 10.2. The predicted octanol–water partition coefficient (Wildman–Crippen LogP) is 0.626. The largest absolute Gasteiger partial charge is 0.402 e. The van der Waals surface area contributed by atoms with Crippen LogP contribution in [0.5, 0.6) is 0 Å². The first-order valence-electron chi connectivity index (χ1n) is 9.61. The Morgan fingerprint density at radius 3 is 2.10 bits per heavy atom. The summed E-state index contributed by atoms with van der Waals surface area (Å²) in [5.41, 5.74) is -0.00858. The Bertz CT molecular complexity index is 1020. The highest BCUT2D eigenvalue weighted by atomic mass is 32.2. The second-order valence-electron chi connectivity index (χ2n) is 7.27. The smallest absolute Gasteiger partial charge is 0.336 e. The van der Waals surface area contributed by atoms with Crippen LogP contribution in [-0.2, 0) is 20.2 Å². The van der Waals surface area contributed by atoms with Crippen LogP contribution in [0.4, 0.5) is 13.2 Å². The van der Waals surface area contributed by atoms with E-state index in [9.17, 15) is 34.8 Å². The molecule has 1 N–H and O–H groups in total. The highest BCUT2D eigenvalue weighted by Crippen LogP contribution is 2.20. The Morgan fingerprint density at radius 2 is 1.52 bits per heavy atom. The molecule has 0 aliphatic carbocycles. The first-order chi connectivity index (χ1) is 14.4. The molecule has 9 nitrogen and oxygen atoms in total. The van der Waals surface area contributed by atoms with Crippen LogP contribution >= 0.6 is 0 Å². The molecule has 0 atom stereocenters. The van der Waals surface area contributed by atoms with Crippen LogP contribution in [0.3, 0.4) is 0 Å². The van der Waals surface area contributed by atoms with E-state index in [-0.39, 0.29) is 31.7 Å². The van der Waals surface area contributed by atoms with Gasteiger partial charge < -0.3 is 4.90 Å². The first kappa shape index (κ1) is 23.9. The van der Waals surface area contributed by atoms with Gasteiger partial charge in [-0.15, -0.1) is 0 Å². The number of nitrogens with one attached hydrogen (secondary N) is 1. The van der Waals surface area contributed by atoms with E-state index in [1.165, 1.54) is 30.4 Å². The number of amides is 1. The fourth-order valence-corrected chi connectivity index (χ4v) is 6.17. The molecule has 14 heteroatoms. The lowest BCUT2D eigenvalue weighted by Crippen LogP contribution is -2.53. The number of alkyl halides is 3. The average Bonchev–Trinajstić information content (AvgIpc) is 3.27. The quantitative estimate of drug-likeness (QED) is 0.637. The highest BCUT2D eigenvalue weighted by molar-refractivity contribution is 7.89. The van der Waals surface area contributed by atoms with E-state index in [0.717, 1.165) is 25.0 Å². The average molecular weight is 485 g/mol. The summed E-state index contributed by atoms with van der Waals surface area (Å²) in [6, 6.07) is 4.73. The second-order valence-corrected chi connectivity index (χ2v) is 11.0. The minimum atomic E-state index is -4.71. The third-order valence-electron chi connectivity index (χ3n) is 5.10. The number of nitrogens with zero attached hydrogens (tertiary/aromatic N) is 3. The van der Waals surface area contributed by atoms with Crippen LogP contribution in [0.2, 0.25) is 0 Å². The number of hydrogen-bond donors (Lipinski definition) is 1. The van der Waals surface area contributed by atoms with Gasteiger partial charge in [-0.1, -0.05) is 6.07 Å². The number of rotatable bonds is 6. The number of sulfonamides is 1. The van der Waals surface area contributed by atoms with E-state index in [2.05, 4.69) is 0 Å². The van der Waals surface area contributed by atoms with E-state index < -0.39 is 43.8 Å². The third-order valence-corrected chi connectivity index (χ3v) is 8.53. The van der Waals surface area contributed by atoms with Gasteiger partial charge in [0.05, 0.1) is 4.90 Å². The molecule has 0 unspecified atom stereocenters. The van der Waals surface area contributed by atoms with Crippen molar-refractivity contribution in [3.05, 3.63) is 29.8 Å². The summed E-state index contributed by atoms with van der Waals surface area (Å²) in [6.45, 7) is -0.312. The molecule has 1 aromatic rings. The Balaban J connectivity index is 1.66. The van der Waals surface area contributed by atoms with Crippen LogP contribution in [0, 0.1) is 0 Å². The molecule has 174 valence electrons.